The first-order valence-electron chi connectivity index (χ1n) is 9.94. The van der Waals surface area contributed by atoms with Gasteiger partial charge in [0.25, 0.3) is 0 Å². The van der Waals surface area contributed by atoms with Crippen molar-refractivity contribution in [2.75, 3.05) is 11.9 Å². The molecule has 1 aliphatic rings. The van der Waals surface area contributed by atoms with Gasteiger partial charge >= 0.3 is 6.09 Å². The first kappa shape index (κ1) is 22.5. The van der Waals surface area contributed by atoms with Gasteiger partial charge in [-0.25, -0.2) is 4.79 Å². The van der Waals surface area contributed by atoms with Crippen LogP contribution in [0, 0.1) is 5.92 Å². The van der Waals surface area contributed by atoms with Gasteiger partial charge in [-0.1, -0.05) is 17.7 Å². The molecule has 0 heterocycles. The van der Waals surface area contributed by atoms with Crippen molar-refractivity contribution in [1.29, 1.82) is 0 Å². The van der Waals surface area contributed by atoms with Crippen molar-refractivity contribution >= 4 is 23.6 Å². The van der Waals surface area contributed by atoms with Crippen LogP contribution in [0.3, 0.4) is 0 Å². The monoisotopic (exact) mass is 401 g/mol. The highest BCUT2D eigenvalue weighted by Crippen LogP contribution is 2.35. The van der Waals surface area contributed by atoms with E-state index in [1.807, 2.05) is 31.2 Å². The fourth-order valence-corrected chi connectivity index (χ4v) is 2.68. The Kier molecular flexibility index (Phi) is 7.82. The zero-order chi connectivity index (χ0) is 21.4. The van der Waals surface area contributed by atoms with Crippen LogP contribution in [0.1, 0.15) is 52.5 Å². The molecule has 0 atom stereocenters. The van der Waals surface area contributed by atoms with E-state index in [9.17, 15) is 14.4 Å². The molecule has 0 saturated heterocycles. The second-order valence-electron chi connectivity index (χ2n) is 8.31. The first-order chi connectivity index (χ1) is 13.6. The average molecular weight is 402 g/mol. The molecule has 3 amide bonds. The minimum absolute atomic E-state index is 0.135. The van der Waals surface area contributed by atoms with E-state index in [0.29, 0.717) is 18.2 Å². The number of carbonyl (C=O) groups is 3. The average Bonchev–Trinajstić information content (AvgIpc) is 3.43. The number of hydrogen-bond donors (Lipinski definition) is 3. The summed E-state index contributed by atoms with van der Waals surface area (Å²) in [7, 11) is 0. The molecule has 3 N–H and O–H groups in total. The van der Waals surface area contributed by atoms with Gasteiger partial charge < -0.3 is 20.7 Å². The summed E-state index contributed by atoms with van der Waals surface area (Å²) in [5.41, 5.74) is 2.11. The number of carbonyl (C=O) groups excluding carboxylic acids is 3. The number of allylic oxidation sites excluding steroid dienone is 1. The number of alkyl carbamates (subject to hydrolysis) is 1. The van der Waals surface area contributed by atoms with E-state index in [2.05, 4.69) is 16.0 Å². The number of nitrogens with one attached hydrogen (secondary N) is 3. The molecule has 0 unspecified atom stereocenters. The predicted molar refractivity (Wildman–Crippen MR) is 112 cm³/mol. The van der Waals surface area contributed by atoms with Gasteiger partial charge in [0.15, 0.2) is 0 Å². The van der Waals surface area contributed by atoms with Crippen molar-refractivity contribution in [3.05, 3.63) is 41.5 Å². The van der Waals surface area contributed by atoms with Gasteiger partial charge in [0.2, 0.25) is 11.8 Å². The van der Waals surface area contributed by atoms with Gasteiger partial charge in [-0.05, 0) is 64.2 Å². The lowest BCUT2D eigenvalue weighted by Crippen LogP contribution is -2.35. The standard InChI is InChI=1S/C22H31N3O4/c1-15(17-8-9-17)12-20(27)25-18-7-5-6-16(13-18)14-24-19(26)10-11-23-21(28)29-22(2,3)4/h5-7,12-13,17H,8-11,14H2,1-4H3,(H,23,28)(H,24,26)(H,25,27)/b15-12+. The summed E-state index contributed by atoms with van der Waals surface area (Å²) < 4.78 is 5.11. The van der Waals surface area contributed by atoms with E-state index in [1.54, 1.807) is 26.8 Å². The fourth-order valence-electron chi connectivity index (χ4n) is 2.68. The second-order valence-corrected chi connectivity index (χ2v) is 8.31. The highest BCUT2D eigenvalue weighted by atomic mass is 16.6. The minimum atomic E-state index is -0.570. The molecule has 1 aromatic rings. The molecule has 0 bridgehead atoms. The maximum atomic E-state index is 12.1. The van der Waals surface area contributed by atoms with Crippen molar-refractivity contribution < 1.29 is 19.1 Å². The summed E-state index contributed by atoms with van der Waals surface area (Å²) in [4.78, 5) is 35.6. The zero-order valence-corrected chi connectivity index (χ0v) is 17.6. The first-order valence-corrected chi connectivity index (χ1v) is 9.94. The summed E-state index contributed by atoms with van der Waals surface area (Å²) in [6.45, 7) is 7.86. The van der Waals surface area contributed by atoms with Gasteiger partial charge in [-0.2, -0.15) is 0 Å². The molecular formula is C22H31N3O4. The Labute approximate surface area is 172 Å². The number of amides is 3. The van der Waals surface area contributed by atoms with Crippen LogP contribution in [0.5, 0.6) is 0 Å². The third-order valence-corrected chi connectivity index (χ3v) is 4.28. The van der Waals surface area contributed by atoms with Crippen LogP contribution in [0.15, 0.2) is 35.9 Å². The smallest absolute Gasteiger partial charge is 0.407 e. The Morgan fingerprint density at radius 1 is 1.17 bits per heavy atom. The summed E-state index contributed by atoms with van der Waals surface area (Å²) in [5, 5.41) is 8.21. The molecule has 2 rings (SSSR count). The lowest BCUT2D eigenvalue weighted by atomic mass is 10.1. The van der Waals surface area contributed by atoms with Gasteiger partial charge in [0.1, 0.15) is 5.60 Å². The van der Waals surface area contributed by atoms with Gasteiger partial charge in [-0.15, -0.1) is 0 Å². The molecular weight excluding hydrogens is 370 g/mol. The number of anilines is 1. The normalized spacial score (nSPS) is 14.1. The fraction of sp³-hybridized carbons (Fsp3) is 0.500. The Balaban J connectivity index is 1.72. The van der Waals surface area contributed by atoms with Gasteiger partial charge in [0.05, 0.1) is 0 Å². The number of benzene rings is 1. The van der Waals surface area contributed by atoms with E-state index in [-0.39, 0.29) is 24.8 Å². The molecule has 158 valence electrons. The number of rotatable bonds is 8. The third-order valence-electron chi connectivity index (χ3n) is 4.28. The predicted octanol–water partition coefficient (Wildman–Crippen LogP) is 3.51. The van der Waals surface area contributed by atoms with E-state index in [1.165, 1.54) is 0 Å². The number of ether oxygens (including phenoxy) is 1. The molecule has 0 spiro atoms. The van der Waals surface area contributed by atoms with Crippen molar-refractivity contribution in [3.63, 3.8) is 0 Å². The van der Waals surface area contributed by atoms with Crippen molar-refractivity contribution in [2.45, 2.75) is 59.1 Å². The largest absolute Gasteiger partial charge is 0.444 e. The summed E-state index contributed by atoms with van der Waals surface area (Å²) in [6.07, 6.45) is 3.60. The molecule has 7 nitrogen and oxygen atoms in total. The third kappa shape index (κ3) is 9.27. The molecule has 1 aromatic carbocycles. The molecule has 0 radical (unpaired) electrons. The van der Waals surface area contributed by atoms with E-state index >= 15 is 0 Å². The van der Waals surface area contributed by atoms with Crippen LogP contribution in [-0.4, -0.2) is 30.1 Å². The molecule has 1 saturated carbocycles. The lowest BCUT2D eigenvalue weighted by Gasteiger charge is -2.19. The van der Waals surface area contributed by atoms with E-state index in [4.69, 9.17) is 4.74 Å². The van der Waals surface area contributed by atoms with E-state index in [0.717, 1.165) is 24.0 Å². The molecule has 0 aliphatic heterocycles. The van der Waals surface area contributed by atoms with Crippen LogP contribution in [0.2, 0.25) is 0 Å². The molecule has 1 fully saturated rings. The topological polar surface area (TPSA) is 96.5 Å². The Hall–Kier alpha value is -2.83. The Morgan fingerprint density at radius 2 is 1.90 bits per heavy atom. The summed E-state index contributed by atoms with van der Waals surface area (Å²) in [5.74, 6) is 0.245. The highest BCUT2D eigenvalue weighted by Gasteiger charge is 2.23. The second kappa shape index (κ2) is 10.1. The summed E-state index contributed by atoms with van der Waals surface area (Å²) >= 11 is 0. The van der Waals surface area contributed by atoms with Gasteiger partial charge in [0, 0.05) is 31.3 Å². The number of hydrogen-bond acceptors (Lipinski definition) is 4. The van der Waals surface area contributed by atoms with Crippen molar-refractivity contribution in [3.8, 4) is 0 Å². The maximum Gasteiger partial charge on any atom is 0.407 e. The van der Waals surface area contributed by atoms with Crippen molar-refractivity contribution in [1.82, 2.24) is 10.6 Å². The van der Waals surface area contributed by atoms with Crippen LogP contribution < -0.4 is 16.0 Å². The SMILES string of the molecule is C/C(=C\C(=O)Nc1cccc(CNC(=O)CCNC(=O)OC(C)(C)C)c1)C1CC1. The maximum absolute atomic E-state index is 12.1. The summed E-state index contributed by atoms with van der Waals surface area (Å²) in [6, 6.07) is 7.35. The van der Waals surface area contributed by atoms with E-state index < -0.39 is 11.7 Å². The highest BCUT2D eigenvalue weighted by molar-refractivity contribution is 5.99. The van der Waals surface area contributed by atoms with Gasteiger partial charge in [-0.3, -0.25) is 9.59 Å². The zero-order valence-electron chi connectivity index (χ0n) is 17.6. The Bertz CT molecular complexity index is 777. The molecule has 7 heteroatoms. The molecule has 29 heavy (non-hydrogen) atoms. The van der Waals surface area contributed by atoms with Crippen molar-refractivity contribution in [2.24, 2.45) is 5.92 Å². The molecule has 1 aliphatic carbocycles. The van der Waals surface area contributed by atoms with Crippen LogP contribution in [0.4, 0.5) is 10.5 Å². The lowest BCUT2D eigenvalue weighted by molar-refractivity contribution is -0.121. The Morgan fingerprint density at radius 3 is 2.55 bits per heavy atom. The molecule has 0 aromatic heterocycles. The van der Waals surface area contributed by atoms with Crippen LogP contribution >= 0.6 is 0 Å². The van der Waals surface area contributed by atoms with Crippen LogP contribution in [-0.2, 0) is 20.9 Å². The van der Waals surface area contributed by atoms with Crippen LogP contribution in [0.25, 0.3) is 0 Å². The quantitative estimate of drug-likeness (QED) is 0.581. The minimum Gasteiger partial charge on any atom is -0.444 e.